The molecule has 0 bridgehead atoms. The summed E-state index contributed by atoms with van der Waals surface area (Å²) in [6, 6.07) is 7.07. The zero-order valence-corrected chi connectivity index (χ0v) is 6.23. The van der Waals surface area contributed by atoms with Crippen LogP contribution in [0.3, 0.4) is 0 Å². The fourth-order valence-corrected chi connectivity index (χ4v) is 0.973. The third-order valence-electron chi connectivity index (χ3n) is 1.30. The molecule has 0 fully saturated rings. The Morgan fingerprint density at radius 2 is 2.10 bits per heavy atom. The number of hydrogen-bond donors (Lipinski definition) is 0. The summed E-state index contributed by atoms with van der Waals surface area (Å²) in [5, 5.41) is 0. The minimum Gasteiger partial charge on any atom is -0.115 e. The summed E-state index contributed by atoms with van der Waals surface area (Å²) in [7, 11) is 0. The zero-order chi connectivity index (χ0) is 7.56. The third-order valence-corrected chi connectivity index (χ3v) is 1.30. The molecule has 0 heterocycles. The van der Waals surface area contributed by atoms with E-state index in [1.807, 2.05) is 19.9 Å². The van der Waals surface area contributed by atoms with Crippen LogP contribution in [0.25, 0.3) is 0 Å². The van der Waals surface area contributed by atoms with Gasteiger partial charge in [-0.1, -0.05) is 12.0 Å². The van der Waals surface area contributed by atoms with E-state index < -0.39 is 0 Å². The Morgan fingerprint density at radius 3 is 2.60 bits per heavy atom. The Bertz CT molecular complexity index is 256. The van der Waals surface area contributed by atoms with Crippen LogP contribution in [-0.4, -0.2) is 0 Å². The number of terminal acetylenes is 1. The summed E-state index contributed by atoms with van der Waals surface area (Å²) >= 11 is 0. The predicted octanol–water partition coefficient (Wildman–Crippen LogP) is 2.08. The van der Waals surface area contributed by atoms with Crippen LogP contribution in [0, 0.1) is 32.3 Å². The SMILES string of the molecule is C#Cc1[c]c(C)cc(C)c1. The smallest absolute Gasteiger partial charge is 0.0326 e. The van der Waals surface area contributed by atoms with E-state index >= 15 is 0 Å². The first-order valence-corrected chi connectivity index (χ1v) is 3.19. The van der Waals surface area contributed by atoms with E-state index in [1.54, 1.807) is 0 Å². The molecule has 1 aromatic carbocycles. The van der Waals surface area contributed by atoms with Gasteiger partial charge in [-0.15, -0.1) is 6.42 Å². The first-order chi connectivity index (χ1) is 4.72. The van der Waals surface area contributed by atoms with E-state index in [0.29, 0.717) is 0 Å². The van der Waals surface area contributed by atoms with E-state index in [0.717, 1.165) is 11.1 Å². The highest BCUT2D eigenvalue weighted by Gasteiger charge is 1.90. The lowest BCUT2D eigenvalue weighted by Crippen LogP contribution is -1.80. The van der Waals surface area contributed by atoms with E-state index in [9.17, 15) is 0 Å². The molecule has 1 aromatic rings. The van der Waals surface area contributed by atoms with Crippen LogP contribution in [0.15, 0.2) is 12.1 Å². The number of benzene rings is 1. The summed E-state index contributed by atoms with van der Waals surface area (Å²) in [6.07, 6.45) is 5.21. The second kappa shape index (κ2) is 2.58. The quantitative estimate of drug-likeness (QED) is 0.470. The molecule has 0 saturated carbocycles. The Balaban J connectivity index is 3.22. The molecule has 0 nitrogen and oxygen atoms in total. The predicted molar refractivity (Wildman–Crippen MR) is 42.7 cm³/mol. The highest BCUT2D eigenvalue weighted by molar-refractivity contribution is 5.37. The lowest BCUT2D eigenvalue weighted by molar-refractivity contribution is 1.36. The van der Waals surface area contributed by atoms with Gasteiger partial charge in [0, 0.05) is 11.6 Å². The first-order valence-electron chi connectivity index (χ1n) is 3.19. The molecule has 0 heteroatoms. The minimum atomic E-state index is 0.845. The summed E-state index contributed by atoms with van der Waals surface area (Å²) in [5.41, 5.74) is 3.15. The van der Waals surface area contributed by atoms with Gasteiger partial charge in [0.1, 0.15) is 0 Å². The van der Waals surface area contributed by atoms with Crippen molar-refractivity contribution in [2.75, 3.05) is 0 Å². The normalized spacial score (nSPS) is 8.90. The van der Waals surface area contributed by atoms with Crippen molar-refractivity contribution in [2.45, 2.75) is 13.8 Å². The molecule has 0 atom stereocenters. The van der Waals surface area contributed by atoms with Crippen LogP contribution in [0.2, 0.25) is 0 Å². The maximum absolute atomic E-state index is 5.21. The minimum absolute atomic E-state index is 0.845. The zero-order valence-electron chi connectivity index (χ0n) is 6.23. The van der Waals surface area contributed by atoms with Gasteiger partial charge in [-0.25, -0.2) is 0 Å². The first kappa shape index (κ1) is 6.89. The summed E-state index contributed by atoms with van der Waals surface area (Å²) in [5.74, 6) is 2.55. The molecule has 0 spiro atoms. The third kappa shape index (κ3) is 1.39. The molecular weight excluding hydrogens is 120 g/mol. The van der Waals surface area contributed by atoms with Crippen LogP contribution in [0.4, 0.5) is 0 Å². The maximum atomic E-state index is 5.21. The van der Waals surface area contributed by atoms with E-state index in [2.05, 4.69) is 18.1 Å². The molecule has 1 rings (SSSR count). The molecule has 0 aliphatic carbocycles. The van der Waals surface area contributed by atoms with Crippen molar-refractivity contribution in [2.24, 2.45) is 0 Å². The lowest BCUT2D eigenvalue weighted by Gasteiger charge is -1.95. The monoisotopic (exact) mass is 129 g/mol. The van der Waals surface area contributed by atoms with Gasteiger partial charge < -0.3 is 0 Å². The van der Waals surface area contributed by atoms with Crippen molar-refractivity contribution >= 4 is 0 Å². The van der Waals surface area contributed by atoms with Crippen LogP contribution < -0.4 is 0 Å². The molecule has 0 aromatic heterocycles. The van der Waals surface area contributed by atoms with Crippen molar-refractivity contribution in [1.82, 2.24) is 0 Å². The number of rotatable bonds is 0. The van der Waals surface area contributed by atoms with Crippen molar-refractivity contribution in [3.05, 3.63) is 34.9 Å². The van der Waals surface area contributed by atoms with Gasteiger partial charge in [0.2, 0.25) is 0 Å². The molecule has 10 heavy (non-hydrogen) atoms. The van der Waals surface area contributed by atoms with Gasteiger partial charge in [-0.2, -0.15) is 0 Å². The van der Waals surface area contributed by atoms with E-state index in [-0.39, 0.29) is 0 Å². The van der Waals surface area contributed by atoms with Crippen molar-refractivity contribution in [3.8, 4) is 12.3 Å². The van der Waals surface area contributed by atoms with Gasteiger partial charge in [-0.3, -0.25) is 0 Å². The summed E-state index contributed by atoms with van der Waals surface area (Å²) < 4.78 is 0. The Morgan fingerprint density at radius 1 is 1.40 bits per heavy atom. The molecule has 1 radical (unpaired) electrons. The van der Waals surface area contributed by atoms with Crippen molar-refractivity contribution in [3.63, 3.8) is 0 Å². The van der Waals surface area contributed by atoms with Crippen LogP contribution >= 0.6 is 0 Å². The highest BCUT2D eigenvalue weighted by atomic mass is 13.9. The van der Waals surface area contributed by atoms with Gasteiger partial charge in [0.15, 0.2) is 0 Å². The summed E-state index contributed by atoms with van der Waals surface area (Å²) in [4.78, 5) is 0. The van der Waals surface area contributed by atoms with Gasteiger partial charge in [0.25, 0.3) is 0 Å². The second-order valence-corrected chi connectivity index (χ2v) is 2.40. The highest BCUT2D eigenvalue weighted by Crippen LogP contribution is 2.05. The molecule has 0 aliphatic rings. The van der Waals surface area contributed by atoms with Crippen molar-refractivity contribution in [1.29, 1.82) is 0 Å². The van der Waals surface area contributed by atoms with Crippen molar-refractivity contribution < 1.29 is 0 Å². The maximum Gasteiger partial charge on any atom is 0.0326 e. The fraction of sp³-hybridized carbons (Fsp3) is 0.200. The van der Waals surface area contributed by atoms with Crippen LogP contribution in [0.5, 0.6) is 0 Å². The lowest BCUT2D eigenvalue weighted by atomic mass is 10.1. The topological polar surface area (TPSA) is 0 Å². The molecular formula is C10H9. The fourth-order valence-electron chi connectivity index (χ4n) is 0.973. The average molecular weight is 129 g/mol. The Labute approximate surface area is 61.9 Å². The molecule has 0 saturated heterocycles. The molecule has 0 amide bonds. The Hall–Kier alpha value is -1.22. The largest absolute Gasteiger partial charge is 0.115 e. The van der Waals surface area contributed by atoms with Gasteiger partial charge in [-0.05, 0) is 31.0 Å². The van der Waals surface area contributed by atoms with Gasteiger partial charge in [0.05, 0.1) is 0 Å². The standard InChI is InChI=1S/C10H9/c1-4-10-6-8(2)5-9(3)7-10/h1,5-6H,2-3H3. The Kier molecular flexibility index (Phi) is 1.78. The van der Waals surface area contributed by atoms with Gasteiger partial charge >= 0.3 is 0 Å². The van der Waals surface area contributed by atoms with Crippen LogP contribution in [-0.2, 0) is 0 Å². The molecule has 0 unspecified atom stereocenters. The van der Waals surface area contributed by atoms with Crippen LogP contribution in [0.1, 0.15) is 16.7 Å². The average Bonchev–Trinajstić information content (AvgIpc) is 1.85. The number of aryl methyl sites for hydroxylation is 2. The van der Waals surface area contributed by atoms with E-state index in [4.69, 9.17) is 6.42 Å². The molecule has 0 N–H and O–H groups in total. The number of hydrogen-bond acceptors (Lipinski definition) is 0. The van der Waals surface area contributed by atoms with E-state index in [1.165, 1.54) is 5.56 Å². The summed E-state index contributed by atoms with van der Waals surface area (Å²) in [6.45, 7) is 4.02. The second-order valence-electron chi connectivity index (χ2n) is 2.40. The molecule has 49 valence electrons. The molecule has 0 aliphatic heterocycles.